The molecule has 0 amide bonds. The van der Waals surface area contributed by atoms with Gasteiger partial charge in [0.15, 0.2) is 0 Å². The van der Waals surface area contributed by atoms with Crippen molar-refractivity contribution in [3.8, 4) is 0 Å². The normalized spacial score (nSPS) is 22.9. The van der Waals surface area contributed by atoms with Crippen molar-refractivity contribution in [2.75, 3.05) is 30.4 Å². The molecule has 5 heteroatoms. The molecule has 104 valence electrons. The Morgan fingerprint density at radius 1 is 1.37 bits per heavy atom. The molecular formula is C14H21N3OS. The van der Waals surface area contributed by atoms with Crippen molar-refractivity contribution < 1.29 is 4.74 Å². The first-order chi connectivity index (χ1) is 9.16. The maximum Gasteiger partial charge on any atom is 0.146 e. The number of nitrogens with zero attached hydrogens (tertiary/aromatic N) is 3. The minimum atomic E-state index is 0.447. The van der Waals surface area contributed by atoms with Crippen LogP contribution in [0.25, 0.3) is 0 Å². The zero-order chi connectivity index (χ0) is 13.4. The van der Waals surface area contributed by atoms with Crippen LogP contribution in [0.2, 0.25) is 0 Å². The lowest BCUT2D eigenvalue weighted by atomic mass is 10.1. The molecule has 0 aliphatic carbocycles. The zero-order valence-corrected chi connectivity index (χ0v) is 12.7. The fourth-order valence-electron chi connectivity index (χ4n) is 2.72. The number of aromatic nitrogens is 2. The van der Waals surface area contributed by atoms with Gasteiger partial charge in [0.1, 0.15) is 11.6 Å². The maximum atomic E-state index is 5.69. The summed E-state index contributed by atoms with van der Waals surface area (Å²) < 4.78 is 5.69. The predicted octanol–water partition coefficient (Wildman–Crippen LogP) is 2.61. The molecule has 4 nitrogen and oxygen atoms in total. The van der Waals surface area contributed by atoms with Crippen LogP contribution in [0.3, 0.4) is 0 Å². The van der Waals surface area contributed by atoms with Gasteiger partial charge in [-0.2, -0.15) is 0 Å². The van der Waals surface area contributed by atoms with Crippen LogP contribution >= 0.6 is 11.8 Å². The van der Waals surface area contributed by atoms with E-state index in [1.807, 2.05) is 18.7 Å². The first-order valence-electron chi connectivity index (χ1n) is 7.02. The Balaban J connectivity index is 2.06. The van der Waals surface area contributed by atoms with Crippen LogP contribution in [0.1, 0.15) is 37.7 Å². The minimum Gasteiger partial charge on any atom is -0.379 e. The quantitative estimate of drug-likeness (QED) is 0.790. The van der Waals surface area contributed by atoms with Gasteiger partial charge in [-0.05, 0) is 19.3 Å². The van der Waals surface area contributed by atoms with Gasteiger partial charge in [-0.15, -0.1) is 11.8 Å². The van der Waals surface area contributed by atoms with E-state index < -0.39 is 0 Å². The van der Waals surface area contributed by atoms with Crippen LogP contribution in [0.5, 0.6) is 0 Å². The molecule has 2 aliphatic heterocycles. The van der Waals surface area contributed by atoms with Gasteiger partial charge in [0.25, 0.3) is 0 Å². The van der Waals surface area contributed by atoms with Crippen molar-refractivity contribution >= 4 is 17.6 Å². The summed E-state index contributed by atoms with van der Waals surface area (Å²) in [5.41, 5.74) is 1.20. The molecule has 1 aromatic rings. The van der Waals surface area contributed by atoms with Crippen molar-refractivity contribution in [2.24, 2.45) is 0 Å². The van der Waals surface area contributed by atoms with Crippen LogP contribution in [0, 0.1) is 6.92 Å². The molecule has 3 rings (SSSR count). The third-order valence-electron chi connectivity index (χ3n) is 3.66. The zero-order valence-electron chi connectivity index (χ0n) is 11.8. The largest absolute Gasteiger partial charge is 0.379 e. The van der Waals surface area contributed by atoms with Gasteiger partial charge >= 0.3 is 0 Å². The molecule has 1 atom stereocenters. The summed E-state index contributed by atoms with van der Waals surface area (Å²) in [5.74, 6) is 3.55. The number of hydrogen-bond acceptors (Lipinski definition) is 5. The number of fused-ring (bicyclic) bond motifs is 3. The standard InChI is InChI=1S/C14H21N3OS/c1-9(2)12-13-14(16-10(3)15-12)17-5-4-6-18-7-11(17)8-19-13/h9,11H,4-8H2,1-3H3. The average molecular weight is 279 g/mol. The van der Waals surface area contributed by atoms with Crippen molar-refractivity contribution in [3.63, 3.8) is 0 Å². The van der Waals surface area contributed by atoms with Crippen molar-refractivity contribution in [2.45, 2.75) is 44.0 Å². The summed E-state index contributed by atoms with van der Waals surface area (Å²) >= 11 is 1.90. The number of rotatable bonds is 1. The molecule has 2 aliphatic rings. The molecule has 0 bridgehead atoms. The number of thioether (sulfide) groups is 1. The van der Waals surface area contributed by atoms with Crippen LogP contribution in [-0.2, 0) is 4.74 Å². The lowest BCUT2D eigenvalue weighted by molar-refractivity contribution is 0.138. The topological polar surface area (TPSA) is 38.2 Å². The molecule has 1 aromatic heterocycles. The van der Waals surface area contributed by atoms with Crippen LogP contribution in [-0.4, -0.2) is 41.5 Å². The van der Waals surface area contributed by atoms with Crippen LogP contribution < -0.4 is 4.90 Å². The molecule has 19 heavy (non-hydrogen) atoms. The molecular weight excluding hydrogens is 258 g/mol. The van der Waals surface area contributed by atoms with Crippen LogP contribution in [0.15, 0.2) is 4.90 Å². The van der Waals surface area contributed by atoms with E-state index in [1.165, 1.54) is 10.6 Å². The summed E-state index contributed by atoms with van der Waals surface area (Å²) in [5, 5.41) is 0. The molecule has 1 unspecified atom stereocenters. The molecule has 0 N–H and O–H groups in total. The molecule has 0 spiro atoms. The second kappa shape index (κ2) is 5.29. The summed E-state index contributed by atoms with van der Waals surface area (Å²) in [4.78, 5) is 13.1. The van der Waals surface area contributed by atoms with E-state index in [2.05, 4.69) is 23.7 Å². The van der Waals surface area contributed by atoms with Gasteiger partial charge in [-0.1, -0.05) is 13.8 Å². The maximum absolute atomic E-state index is 5.69. The van der Waals surface area contributed by atoms with Gasteiger partial charge in [-0.3, -0.25) is 0 Å². The molecule has 0 saturated carbocycles. The third-order valence-corrected chi connectivity index (χ3v) is 4.90. The highest BCUT2D eigenvalue weighted by Gasteiger charge is 2.32. The Labute approximate surface area is 119 Å². The summed E-state index contributed by atoms with van der Waals surface area (Å²) in [6.07, 6.45) is 1.08. The highest BCUT2D eigenvalue weighted by Crippen LogP contribution is 2.40. The molecule has 3 heterocycles. The van der Waals surface area contributed by atoms with Gasteiger partial charge in [-0.25, -0.2) is 9.97 Å². The number of anilines is 1. The second-order valence-electron chi connectivity index (χ2n) is 5.55. The molecule has 1 saturated heterocycles. The predicted molar refractivity (Wildman–Crippen MR) is 78.2 cm³/mol. The summed E-state index contributed by atoms with van der Waals surface area (Å²) in [6.45, 7) is 9.15. The first-order valence-corrected chi connectivity index (χ1v) is 8.01. The molecule has 0 aromatic carbocycles. The first kappa shape index (κ1) is 13.2. The van der Waals surface area contributed by atoms with Gasteiger partial charge in [0, 0.05) is 18.9 Å². The minimum absolute atomic E-state index is 0.447. The molecule has 0 radical (unpaired) electrons. The SMILES string of the molecule is Cc1nc(C(C)C)c2c(n1)N1CCCOCC1CS2. The number of aryl methyl sites for hydroxylation is 1. The second-order valence-corrected chi connectivity index (χ2v) is 6.58. The Morgan fingerprint density at radius 2 is 2.21 bits per heavy atom. The van der Waals surface area contributed by atoms with E-state index in [1.54, 1.807) is 0 Å². The lowest BCUT2D eigenvalue weighted by Gasteiger charge is -2.36. The Hall–Kier alpha value is -0.810. The van der Waals surface area contributed by atoms with Gasteiger partial charge < -0.3 is 9.64 Å². The van der Waals surface area contributed by atoms with Crippen LogP contribution in [0.4, 0.5) is 5.82 Å². The Bertz CT molecular complexity index is 478. The average Bonchev–Trinajstić information content (AvgIpc) is 2.62. The van der Waals surface area contributed by atoms with E-state index in [0.717, 1.165) is 43.6 Å². The van der Waals surface area contributed by atoms with E-state index in [0.29, 0.717) is 12.0 Å². The van der Waals surface area contributed by atoms with E-state index in [9.17, 15) is 0 Å². The van der Waals surface area contributed by atoms with Gasteiger partial charge in [0.05, 0.1) is 23.2 Å². The number of hydrogen-bond donors (Lipinski definition) is 0. The van der Waals surface area contributed by atoms with E-state index in [4.69, 9.17) is 9.72 Å². The fourth-order valence-corrected chi connectivity index (χ4v) is 4.07. The van der Waals surface area contributed by atoms with E-state index in [-0.39, 0.29) is 0 Å². The van der Waals surface area contributed by atoms with Crippen molar-refractivity contribution in [3.05, 3.63) is 11.5 Å². The lowest BCUT2D eigenvalue weighted by Crippen LogP contribution is -2.43. The van der Waals surface area contributed by atoms with Crippen molar-refractivity contribution in [1.82, 2.24) is 9.97 Å². The Morgan fingerprint density at radius 3 is 3.00 bits per heavy atom. The molecule has 1 fully saturated rings. The smallest absolute Gasteiger partial charge is 0.146 e. The monoisotopic (exact) mass is 279 g/mol. The Kier molecular flexibility index (Phi) is 3.67. The highest BCUT2D eigenvalue weighted by atomic mass is 32.2. The van der Waals surface area contributed by atoms with E-state index >= 15 is 0 Å². The summed E-state index contributed by atoms with van der Waals surface area (Å²) in [6, 6.07) is 0.467. The number of ether oxygens (including phenoxy) is 1. The summed E-state index contributed by atoms with van der Waals surface area (Å²) in [7, 11) is 0. The fraction of sp³-hybridized carbons (Fsp3) is 0.714. The van der Waals surface area contributed by atoms with Gasteiger partial charge in [0.2, 0.25) is 0 Å². The third kappa shape index (κ3) is 2.46. The van der Waals surface area contributed by atoms with Crippen molar-refractivity contribution in [1.29, 1.82) is 0 Å². The highest BCUT2D eigenvalue weighted by molar-refractivity contribution is 7.99.